The van der Waals surface area contributed by atoms with Gasteiger partial charge in [-0.15, -0.1) is 0 Å². The average molecular weight is 674 g/mol. The summed E-state index contributed by atoms with van der Waals surface area (Å²) < 4.78 is 2.31. The number of benzene rings is 8. The maximum absolute atomic E-state index is 5.37. The zero-order valence-corrected chi connectivity index (χ0v) is 28.7. The van der Waals surface area contributed by atoms with Crippen LogP contribution in [0.25, 0.3) is 104 Å². The van der Waals surface area contributed by atoms with Crippen molar-refractivity contribution in [3.8, 4) is 39.2 Å². The number of para-hydroxylation sites is 2. The lowest BCUT2D eigenvalue weighted by Crippen LogP contribution is -1.94. The van der Waals surface area contributed by atoms with Crippen molar-refractivity contribution < 1.29 is 0 Å². The highest BCUT2D eigenvalue weighted by molar-refractivity contribution is 6.21. The van der Waals surface area contributed by atoms with Crippen LogP contribution >= 0.6 is 0 Å². The van der Waals surface area contributed by atoms with E-state index in [2.05, 4.69) is 193 Å². The van der Waals surface area contributed by atoms with Gasteiger partial charge in [0.1, 0.15) is 0 Å². The monoisotopic (exact) mass is 673 g/mol. The smallest absolute Gasteiger partial charge is 0.0974 e. The van der Waals surface area contributed by atoms with Gasteiger partial charge in [-0.2, -0.15) is 0 Å². The molecule has 0 unspecified atom stereocenters. The molecule has 0 saturated heterocycles. The molecule has 3 heterocycles. The van der Waals surface area contributed by atoms with E-state index in [1.165, 1.54) is 43.8 Å². The summed E-state index contributed by atoms with van der Waals surface area (Å²) >= 11 is 0. The van der Waals surface area contributed by atoms with E-state index in [1.54, 1.807) is 0 Å². The second kappa shape index (κ2) is 11.7. The van der Waals surface area contributed by atoms with Gasteiger partial charge in [0, 0.05) is 27.4 Å². The van der Waals surface area contributed by atoms with Crippen molar-refractivity contribution in [1.82, 2.24) is 14.5 Å². The molecule has 0 aliphatic heterocycles. The van der Waals surface area contributed by atoms with Crippen molar-refractivity contribution in [3.05, 3.63) is 188 Å². The molecule has 0 atom stereocenters. The number of hydrogen-bond acceptors (Lipinski definition) is 2. The predicted octanol–water partition coefficient (Wildman–Crippen LogP) is 13.2. The molecule has 0 amide bonds. The maximum atomic E-state index is 5.37. The van der Waals surface area contributed by atoms with Crippen LogP contribution in [0.2, 0.25) is 0 Å². The average Bonchev–Trinajstić information content (AvgIpc) is 3.55. The molecule has 0 aliphatic carbocycles. The van der Waals surface area contributed by atoms with E-state index in [4.69, 9.17) is 9.97 Å². The highest BCUT2D eigenvalue weighted by Crippen LogP contribution is 2.44. The quantitative estimate of drug-likeness (QED) is 0.137. The van der Waals surface area contributed by atoms with E-state index in [9.17, 15) is 0 Å². The Balaban J connectivity index is 1.06. The zero-order chi connectivity index (χ0) is 34.9. The molecular formula is C50H31N3. The third-order valence-corrected chi connectivity index (χ3v) is 10.7. The van der Waals surface area contributed by atoms with Crippen molar-refractivity contribution in [2.45, 2.75) is 0 Å². The van der Waals surface area contributed by atoms with Gasteiger partial charge >= 0.3 is 0 Å². The number of hydrogen-bond donors (Lipinski definition) is 0. The number of rotatable bonds is 4. The molecule has 3 nitrogen and oxygen atoms in total. The van der Waals surface area contributed by atoms with Gasteiger partial charge < -0.3 is 4.57 Å². The fourth-order valence-corrected chi connectivity index (χ4v) is 8.35. The van der Waals surface area contributed by atoms with Crippen LogP contribution in [0.4, 0.5) is 0 Å². The van der Waals surface area contributed by atoms with Gasteiger partial charge in [-0.3, -0.25) is 0 Å². The van der Waals surface area contributed by atoms with Gasteiger partial charge in [0.05, 0.1) is 33.3 Å². The van der Waals surface area contributed by atoms with Crippen molar-refractivity contribution >= 4 is 65.3 Å². The van der Waals surface area contributed by atoms with E-state index < -0.39 is 0 Å². The van der Waals surface area contributed by atoms with Crippen LogP contribution in [0.1, 0.15) is 0 Å². The minimum absolute atomic E-state index is 0.913. The molecule has 0 bridgehead atoms. The summed E-state index contributed by atoms with van der Waals surface area (Å²) in [5.74, 6) is 0. The van der Waals surface area contributed by atoms with Gasteiger partial charge in [0.15, 0.2) is 0 Å². The van der Waals surface area contributed by atoms with Crippen molar-refractivity contribution in [2.24, 2.45) is 0 Å². The molecule has 53 heavy (non-hydrogen) atoms. The number of aromatic nitrogens is 3. The lowest BCUT2D eigenvalue weighted by Gasteiger charge is -2.18. The second-order valence-corrected chi connectivity index (χ2v) is 13.7. The van der Waals surface area contributed by atoms with Crippen molar-refractivity contribution in [2.75, 3.05) is 0 Å². The number of nitrogens with zero attached hydrogens (tertiary/aromatic N) is 3. The number of pyridine rings is 2. The molecular weight excluding hydrogens is 643 g/mol. The molecule has 8 aromatic carbocycles. The fraction of sp³-hybridized carbons (Fsp3) is 0. The minimum Gasteiger partial charge on any atom is -0.308 e. The summed E-state index contributed by atoms with van der Waals surface area (Å²) in [5.41, 5.74) is 13.1. The Kier molecular flexibility index (Phi) is 6.55. The fourth-order valence-electron chi connectivity index (χ4n) is 8.35. The Labute approximate surface area is 306 Å². The first-order valence-electron chi connectivity index (χ1n) is 18.1. The van der Waals surface area contributed by atoms with Crippen molar-refractivity contribution in [3.63, 3.8) is 0 Å². The third-order valence-electron chi connectivity index (χ3n) is 10.7. The Morgan fingerprint density at radius 3 is 1.47 bits per heavy atom. The lowest BCUT2D eigenvalue weighted by molar-refractivity contribution is 1.18. The van der Waals surface area contributed by atoms with E-state index in [0.29, 0.717) is 0 Å². The highest BCUT2D eigenvalue weighted by Gasteiger charge is 2.18. The Hall–Kier alpha value is -7.10. The standard InChI is InChI=1S/C50H31N3/c1-3-13-33(14-4-1)46-38-17-7-9-19-40(38)47(41-20-10-8-18-39(41)46)34-25-23-32(24-26-34)43-30-29-35-27-28-36-31-45-50(52-49(36)48(35)51-43)42-21-11-12-22-44(42)53(45)37-15-5-2-6-16-37/h1-31H. The molecule has 0 N–H and O–H groups in total. The molecule has 246 valence electrons. The second-order valence-electron chi connectivity index (χ2n) is 13.7. The first-order valence-corrected chi connectivity index (χ1v) is 18.1. The van der Waals surface area contributed by atoms with Gasteiger partial charge in [0.2, 0.25) is 0 Å². The molecule has 3 heteroatoms. The van der Waals surface area contributed by atoms with E-state index in [1.807, 2.05) is 0 Å². The van der Waals surface area contributed by atoms with Gasteiger partial charge in [-0.1, -0.05) is 158 Å². The maximum Gasteiger partial charge on any atom is 0.0974 e. The Morgan fingerprint density at radius 1 is 0.321 bits per heavy atom. The van der Waals surface area contributed by atoms with Crippen LogP contribution in [0.15, 0.2) is 188 Å². The third kappa shape index (κ3) is 4.61. The van der Waals surface area contributed by atoms with E-state index >= 15 is 0 Å². The van der Waals surface area contributed by atoms with Gasteiger partial charge in [0.25, 0.3) is 0 Å². The highest BCUT2D eigenvalue weighted by atomic mass is 15.0. The summed E-state index contributed by atoms with van der Waals surface area (Å²) in [6.45, 7) is 0. The van der Waals surface area contributed by atoms with Crippen LogP contribution in [-0.4, -0.2) is 14.5 Å². The van der Waals surface area contributed by atoms with E-state index in [-0.39, 0.29) is 0 Å². The number of fused-ring (bicyclic) bond motifs is 8. The van der Waals surface area contributed by atoms with Crippen LogP contribution < -0.4 is 0 Å². The van der Waals surface area contributed by atoms with Crippen molar-refractivity contribution in [1.29, 1.82) is 0 Å². The zero-order valence-electron chi connectivity index (χ0n) is 28.7. The molecule has 0 radical (unpaired) electrons. The van der Waals surface area contributed by atoms with Crippen LogP contribution in [0, 0.1) is 0 Å². The normalized spacial score (nSPS) is 11.8. The summed E-state index contributed by atoms with van der Waals surface area (Å²) in [5, 5.41) is 8.30. The van der Waals surface area contributed by atoms with Gasteiger partial charge in [-0.25, -0.2) is 9.97 Å². The molecule has 3 aromatic heterocycles. The SMILES string of the molecule is c1ccc(-c2c3ccccc3c(-c3ccc(-c4ccc5ccc6cc7c(nc6c5n4)c4ccccc4n7-c4ccccc4)cc3)c3ccccc23)cc1. The molecule has 0 spiro atoms. The molecule has 11 aromatic rings. The van der Waals surface area contributed by atoms with Crippen LogP contribution in [0.3, 0.4) is 0 Å². The first kappa shape index (κ1) is 29.6. The van der Waals surface area contributed by atoms with E-state index in [0.717, 1.165) is 60.7 Å². The summed E-state index contributed by atoms with van der Waals surface area (Å²) in [6, 6.07) is 67.3. The minimum atomic E-state index is 0.913. The molecule has 0 fully saturated rings. The Morgan fingerprint density at radius 2 is 0.811 bits per heavy atom. The summed E-state index contributed by atoms with van der Waals surface area (Å²) in [7, 11) is 0. The molecule has 0 aliphatic rings. The van der Waals surface area contributed by atoms with Crippen LogP contribution in [0.5, 0.6) is 0 Å². The first-order chi connectivity index (χ1) is 26.3. The molecule has 0 saturated carbocycles. The van der Waals surface area contributed by atoms with Crippen LogP contribution in [-0.2, 0) is 0 Å². The molecule has 11 rings (SSSR count). The topological polar surface area (TPSA) is 30.7 Å². The summed E-state index contributed by atoms with van der Waals surface area (Å²) in [6.07, 6.45) is 0. The lowest BCUT2D eigenvalue weighted by atomic mass is 9.86. The Bertz CT molecular complexity index is 3140. The summed E-state index contributed by atoms with van der Waals surface area (Å²) in [4.78, 5) is 10.7. The largest absolute Gasteiger partial charge is 0.308 e. The predicted molar refractivity (Wildman–Crippen MR) is 223 cm³/mol. The van der Waals surface area contributed by atoms with Gasteiger partial charge in [-0.05, 0) is 74.1 Å².